The molecule has 0 amide bonds. The third-order valence-electron chi connectivity index (χ3n) is 2.50. The van der Waals surface area contributed by atoms with Crippen LogP contribution in [0.15, 0.2) is 36.4 Å². The number of methoxy groups -OCH3 is 1. The van der Waals surface area contributed by atoms with Crippen LogP contribution in [-0.2, 0) is 9.53 Å². The average molecular weight is 221 g/mol. The number of piperidine rings is 1. The Kier molecular flexibility index (Phi) is 6.26. The summed E-state index contributed by atoms with van der Waals surface area (Å²) in [5.74, 6) is 0.0194. The van der Waals surface area contributed by atoms with E-state index >= 15 is 0 Å². The first kappa shape index (κ1) is 12.7. The Hall–Kier alpha value is -1.35. The largest absolute Gasteiger partial charge is 0.469 e. The standard InChI is InChI=1S/C7H13NO2.C6H6/c1-10-7(9)6-3-2-4-8-5-6;1-2-4-6-5-3-1/h6,8H,2-5H2,1H3;1-6H. The fraction of sp³-hybridized carbons (Fsp3) is 0.462. The molecule has 1 atom stereocenters. The van der Waals surface area contributed by atoms with Crippen LogP contribution in [0, 0.1) is 5.92 Å². The van der Waals surface area contributed by atoms with Gasteiger partial charge in [-0.05, 0) is 19.4 Å². The second-order valence-electron chi connectivity index (χ2n) is 3.72. The highest BCUT2D eigenvalue weighted by Crippen LogP contribution is 2.10. The predicted octanol–water partition coefficient (Wildman–Crippen LogP) is 1.85. The van der Waals surface area contributed by atoms with Crippen LogP contribution in [0.5, 0.6) is 0 Å². The van der Waals surface area contributed by atoms with Crippen molar-refractivity contribution in [1.82, 2.24) is 5.32 Å². The number of nitrogens with one attached hydrogen (secondary N) is 1. The van der Waals surface area contributed by atoms with E-state index in [9.17, 15) is 4.79 Å². The van der Waals surface area contributed by atoms with E-state index in [1.807, 2.05) is 36.4 Å². The van der Waals surface area contributed by atoms with Gasteiger partial charge >= 0.3 is 5.97 Å². The van der Waals surface area contributed by atoms with Crippen molar-refractivity contribution >= 4 is 5.97 Å². The van der Waals surface area contributed by atoms with Crippen molar-refractivity contribution in [2.24, 2.45) is 5.92 Å². The van der Waals surface area contributed by atoms with E-state index in [4.69, 9.17) is 0 Å². The normalized spacial score (nSPS) is 19.2. The van der Waals surface area contributed by atoms with Gasteiger partial charge in [0.1, 0.15) is 0 Å². The van der Waals surface area contributed by atoms with Gasteiger partial charge in [0.25, 0.3) is 0 Å². The lowest BCUT2D eigenvalue weighted by Crippen LogP contribution is -2.34. The number of esters is 1. The smallest absolute Gasteiger partial charge is 0.309 e. The van der Waals surface area contributed by atoms with Gasteiger partial charge in [-0.2, -0.15) is 0 Å². The Bertz CT molecular complexity index is 255. The molecule has 3 nitrogen and oxygen atoms in total. The van der Waals surface area contributed by atoms with Crippen molar-refractivity contribution in [3.8, 4) is 0 Å². The van der Waals surface area contributed by atoms with Crippen LogP contribution in [0.3, 0.4) is 0 Å². The van der Waals surface area contributed by atoms with Crippen LogP contribution >= 0.6 is 0 Å². The second kappa shape index (κ2) is 7.88. The van der Waals surface area contributed by atoms with Crippen molar-refractivity contribution in [3.63, 3.8) is 0 Å². The van der Waals surface area contributed by atoms with Gasteiger partial charge in [-0.3, -0.25) is 4.79 Å². The van der Waals surface area contributed by atoms with Crippen molar-refractivity contribution < 1.29 is 9.53 Å². The van der Waals surface area contributed by atoms with E-state index in [0.29, 0.717) is 0 Å². The minimum Gasteiger partial charge on any atom is -0.469 e. The lowest BCUT2D eigenvalue weighted by Gasteiger charge is -2.19. The van der Waals surface area contributed by atoms with E-state index < -0.39 is 0 Å². The van der Waals surface area contributed by atoms with Crippen LogP contribution in [0.25, 0.3) is 0 Å². The number of hydrogen-bond acceptors (Lipinski definition) is 3. The molecule has 0 spiro atoms. The minimum absolute atomic E-state index is 0.0767. The van der Waals surface area contributed by atoms with E-state index in [2.05, 4.69) is 10.1 Å². The average Bonchev–Trinajstić information content (AvgIpc) is 2.41. The molecule has 1 unspecified atom stereocenters. The third-order valence-corrected chi connectivity index (χ3v) is 2.50. The summed E-state index contributed by atoms with van der Waals surface area (Å²) in [5.41, 5.74) is 0. The summed E-state index contributed by atoms with van der Waals surface area (Å²) in [6, 6.07) is 12.0. The van der Waals surface area contributed by atoms with Crippen LogP contribution in [-0.4, -0.2) is 26.2 Å². The molecule has 0 radical (unpaired) electrons. The summed E-state index contributed by atoms with van der Waals surface area (Å²) in [5, 5.41) is 3.15. The molecule has 3 heteroatoms. The van der Waals surface area contributed by atoms with E-state index in [1.165, 1.54) is 7.11 Å². The minimum atomic E-state index is -0.0767. The van der Waals surface area contributed by atoms with Gasteiger partial charge in [0.2, 0.25) is 0 Å². The Morgan fingerprint density at radius 2 is 1.75 bits per heavy atom. The molecule has 88 valence electrons. The number of benzene rings is 1. The molecule has 1 heterocycles. The predicted molar refractivity (Wildman–Crippen MR) is 64.1 cm³/mol. The van der Waals surface area contributed by atoms with Crippen molar-refractivity contribution in [2.45, 2.75) is 12.8 Å². The topological polar surface area (TPSA) is 38.3 Å². The fourth-order valence-electron chi connectivity index (χ4n) is 1.60. The van der Waals surface area contributed by atoms with Gasteiger partial charge in [0.05, 0.1) is 13.0 Å². The molecule has 1 aliphatic rings. The van der Waals surface area contributed by atoms with E-state index in [1.54, 1.807) is 0 Å². The summed E-state index contributed by atoms with van der Waals surface area (Å²) < 4.78 is 4.61. The van der Waals surface area contributed by atoms with Crippen LogP contribution < -0.4 is 5.32 Å². The maximum Gasteiger partial charge on any atom is 0.309 e. The summed E-state index contributed by atoms with van der Waals surface area (Å²) in [6.07, 6.45) is 2.05. The maximum absolute atomic E-state index is 10.9. The van der Waals surface area contributed by atoms with Gasteiger partial charge in [-0.1, -0.05) is 36.4 Å². The van der Waals surface area contributed by atoms with E-state index in [0.717, 1.165) is 25.9 Å². The molecule has 0 aromatic heterocycles. The molecule has 1 aliphatic heterocycles. The van der Waals surface area contributed by atoms with Gasteiger partial charge in [-0.25, -0.2) is 0 Å². The number of hydrogen-bond donors (Lipinski definition) is 1. The third kappa shape index (κ3) is 4.94. The lowest BCUT2D eigenvalue weighted by atomic mass is 10.0. The highest BCUT2D eigenvalue weighted by Gasteiger charge is 2.20. The first-order chi connectivity index (χ1) is 7.84. The number of carbonyl (C=O) groups is 1. The SMILES string of the molecule is COC(=O)C1CCCNC1.c1ccccc1. The highest BCUT2D eigenvalue weighted by molar-refractivity contribution is 5.72. The Morgan fingerprint density at radius 1 is 1.19 bits per heavy atom. The molecule has 0 bridgehead atoms. The van der Waals surface area contributed by atoms with Gasteiger partial charge in [-0.15, -0.1) is 0 Å². The Labute approximate surface area is 96.8 Å². The second-order valence-corrected chi connectivity index (χ2v) is 3.72. The Morgan fingerprint density at radius 3 is 2.12 bits per heavy atom. The van der Waals surface area contributed by atoms with Gasteiger partial charge in [0, 0.05) is 6.54 Å². The molecule has 1 aromatic rings. The first-order valence-electron chi connectivity index (χ1n) is 5.63. The molecule has 2 rings (SSSR count). The molecular weight excluding hydrogens is 202 g/mol. The van der Waals surface area contributed by atoms with E-state index in [-0.39, 0.29) is 11.9 Å². The van der Waals surface area contributed by atoms with Crippen LogP contribution in [0.2, 0.25) is 0 Å². The monoisotopic (exact) mass is 221 g/mol. The maximum atomic E-state index is 10.9. The molecule has 1 saturated heterocycles. The molecular formula is C13H19NO2. The van der Waals surface area contributed by atoms with Crippen molar-refractivity contribution in [1.29, 1.82) is 0 Å². The first-order valence-corrected chi connectivity index (χ1v) is 5.63. The summed E-state index contributed by atoms with van der Waals surface area (Å²) in [4.78, 5) is 10.9. The van der Waals surface area contributed by atoms with Crippen molar-refractivity contribution in [2.75, 3.05) is 20.2 Å². The number of rotatable bonds is 1. The highest BCUT2D eigenvalue weighted by atomic mass is 16.5. The summed E-state index contributed by atoms with van der Waals surface area (Å²) in [6.45, 7) is 1.82. The fourth-order valence-corrected chi connectivity index (χ4v) is 1.60. The molecule has 1 fully saturated rings. The van der Waals surface area contributed by atoms with Crippen LogP contribution in [0.1, 0.15) is 12.8 Å². The zero-order chi connectivity index (χ0) is 11.6. The van der Waals surface area contributed by atoms with Gasteiger partial charge < -0.3 is 10.1 Å². The number of ether oxygens (including phenoxy) is 1. The zero-order valence-corrected chi connectivity index (χ0v) is 9.69. The summed E-state index contributed by atoms with van der Waals surface area (Å²) in [7, 11) is 1.44. The molecule has 0 saturated carbocycles. The lowest BCUT2D eigenvalue weighted by molar-refractivity contribution is -0.145. The molecule has 0 aliphatic carbocycles. The van der Waals surface area contributed by atoms with Gasteiger partial charge in [0.15, 0.2) is 0 Å². The Balaban J connectivity index is 0.000000181. The molecule has 1 aromatic carbocycles. The molecule has 1 N–H and O–H groups in total. The zero-order valence-electron chi connectivity index (χ0n) is 9.69. The quantitative estimate of drug-likeness (QED) is 0.735. The molecule has 16 heavy (non-hydrogen) atoms. The number of carbonyl (C=O) groups excluding carboxylic acids is 1. The van der Waals surface area contributed by atoms with Crippen molar-refractivity contribution in [3.05, 3.63) is 36.4 Å². The summed E-state index contributed by atoms with van der Waals surface area (Å²) >= 11 is 0. The van der Waals surface area contributed by atoms with Crippen LogP contribution in [0.4, 0.5) is 0 Å².